The SMILES string of the molecule is [C-]#[N+]c1cc2c(cc1[N+]#[C-])N(c1cc3oc4ccccc4c3cc1C)[C@@H](C)N2C. The zero-order chi connectivity index (χ0) is 20.3. The van der Waals surface area contributed by atoms with Gasteiger partial charge < -0.3 is 14.2 Å². The smallest absolute Gasteiger partial charge is 0.196 e. The molecule has 0 saturated heterocycles. The predicted octanol–water partition coefficient (Wildman–Crippen LogP) is 6.93. The van der Waals surface area contributed by atoms with Gasteiger partial charge in [-0.15, -0.1) is 0 Å². The van der Waals surface area contributed by atoms with Gasteiger partial charge in [0.05, 0.1) is 18.8 Å². The first kappa shape index (κ1) is 17.2. The average Bonchev–Trinajstić information content (AvgIpc) is 3.21. The van der Waals surface area contributed by atoms with Crippen LogP contribution < -0.4 is 9.80 Å². The highest BCUT2D eigenvalue weighted by Gasteiger charge is 2.33. The largest absolute Gasteiger partial charge is 0.456 e. The van der Waals surface area contributed by atoms with Crippen LogP contribution in [0.2, 0.25) is 0 Å². The van der Waals surface area contributed by atoms with Gasteiger partial charge in [0.2, 0.25) is 0 Å². The molecule has 140 valence electrons. The van der Waals surface area contributed by atoms with Crippen LogP contribution in [0.5, 0.6) is 0 Å². The first-order chi connectivity index (χ1) is 14.0. The number of anilines is 3. The molecule has 0 unspecified atom stereocenters. The van der Waals surface area contributed by atoms with E-state index in [1.165, 1.54) is 0 Å². The number of rotatable bonds is 1. The molecule has 5 rings (SSSR count). The van der Waals surface area contributed by atoms with Crippen molar-refractivity contribution >= 4 is 50.4 Å². The van der Waals surface area contributed by atoms with Crippen molar-refractivity contribution in [1.29, 1.82) is 0 Å². The third-order valence-corrected chi connectivity index (χ3v) is 5.84. The number of benzene rings is 3. The highest BCUT2D eigenvalue weighted by molar-refractivity contribution is 6.06. The second-order valence-electron chi connectivity index (χ2n) is 7.40. The van der Waals surface area contributed by atoms with E-state index in [-0.39, 0.29) is 6.17 Å². The van der Waals surface area contributed by atoms with Crippen LogP contribution >= 0.6 is 0 Å². The molecule has 0 N–H and O–H groups in total. The minimum Gasteiger partial charge on any atom is -0.456 e. The molecule has 0 radical (unpaired) electrons. The number of aryl methyl sites for hydroxylation is 1. The van der Waals surface area contributed by atoms with Crippen LogP contribution in [0.4, 0.5) is 28.4 Å². The molecule has 1 aliphatic rings. The van der Waals surface area contributed by atoms with E-state index < -0.39 is 0 Å². The van der Waals surface area contributed by atoms with E-state index in [0.29, 0.717) is 11.4 Å². The van der Waals surface area contributed by atoms with Crippen LogP contribution in [0.25, 0.3) is 31.6 Å². The Morgan fingerprint density at radius 3 is 2.28 bits per heavy atom. The van der Waals surface area contributed by atoms with Crippen molar-refractivity contribution < 1.29 is 4.42 Å². The number of para-hydroxylation sites is 1. The Balaban J connectivity index is 1.75. The molecule has 2 heterocycles. The Bertz CT molecular complexity index is 1390. The van der Waals surface area contributed by atoms with Gasteiger partial charge in [-0.2, -0.15) is 0 Å². The maximum Gasteiger partial charge on any atom is 0.196 e. The summed E-state index contributed by atoms with van der Waals surface area (Å²) in [4.78, 5) is 11.5. The number of nitrogens with zero attached hydrogens (tertiary/aromatic N) is 4. The van der Waals surface area contributed by atoms with Crippen molar-refractivity contribution in [2.75, 3.05) is 16.8 Å². The quantitative estimate of drug-likeness (QED) is 0.336. The Morgan fingerprint density at radius 2 is 1.55 bits per heavy atom. The van der Waals surface area contributed by atoms with E-state index in [4.69, 9.17) is 17.6 Å². The summed E-state index contributed by atoms with van der Waals surface area (Å²) in [5, 5.41) is 2.22. The second-order valence-corrected chi connectivity index (χ2v) is 7.40. The number of hydrogen-bond donors (Lipinski definition) is 0. The number of fused-ring (bicyclic) bond motifs is 4. The highest BCUT2D eigenvalue weighted by atomic mass is 16.3. The lowest BCUT2D eigenvalue weighted by atomic mass is 10.1. The molecule has 0 bridgehead atoms. The highest BCUT2D eigenvalue weighted by Crippen LogP contribution is 2.50. The van der Waals surface area contributed by atoms with Crippen molar-refractivity contribution in [3.63, 3.8) is 0 Å². The van der Waals surface area contributed by atoms with Gasteiger partial charge in [-0.1, -0.05) is 18.2 Å². The topological polar surface area (TPSA) is 28.3 Å². The van der Waals surface area contributed by atoms with Gasteiger partial charge in [-0.25, -0.2) is 0 Å². The van der Waals surface area contributed by atoms with Gasteiger partial charge in [0, 0.05) is 35.3 Å². The fraction of sp³-hybridized carbons (Fsp3) is 0.167. The lowest BCUT2D eigenvalue weighted by Gasteiger charge is -2.29. The Labute approximate surface area is 169 Å². The molecular weight excluding hydrogens is 360 g/mol. The zero-order valence-corrected chi connectivity index (χ0v) is 16.4. The summed E-state index contributed by atoms with van der Waals surface area (Å²) >= 11 is 0. The normalized spacial score (nSPS) is 15.6. The molecule has 1 aromatic heterocycles. The van der Waals surface area contributed by atoms with E-state index in [9.17, 15) is 0 Å². The predicted molar refractivity (Wildman–Crippen MR) is 117 cm³/mol. The van der Waals surface area contributed by atoms with Crippen molar-refractivity contribution in [2.24, 2.45) is 0 Å². The van der Waals surface area contributed by atoms with E-state index in [2.05, 4.69) is 51.5 Å². The summed E-state index contributed by atoms with van der Waals surface area (Å²) in [5.41, 5.74) is 6.58. The van der Waals surface area contributed by atoms with E-state index in [1.807, 2.05) is 37.4 Å². The Kier molecular flexibility index (Phi) is 3.56. The molecule has 3 aromatic carbocycles. The Morgan fingerprint density at radius 1 is 0.862 bits per heavy atom. The number of furan rings is 1. The van der Waals surface area contributed by atoms with Gasteiger partial charge in [0.15, 0.2) is 11.4 Å². The summed E-state index contributed by atoms with van der Waals surface area (Å²) in [6, 6.07) is 16.0. The standard InChI is InChI=1S/C24H18N4O/c1-14-10-17-16-8-6-7-9-23(16)29-24(17)13-20(14)28-15(2)27(5)21-11-18(25-3)19(26-4)12-22(21)28/h6-13,15H,1-2,5H3/t15-/m0/s1. The van der Waals surface area contributed by atoms with Gasteiger partial charge in [-0.05, 0) is 43.7 Å². The van der Waals surface area contributed by atoms with Gasteiger partial charge in [0.25, 0.3) is 0 Å². The maximum atomic E-state index is 7.47. The lowest BCUT2D eigenvalue weighted by Crippen LogP contribution is -2.35. The summed E-state index contributed by atoms with van der Waals surface area (Å²) < 4.78 is 6.11. The second kappa shape index (κ2) is 6.02. The van der Waals surface area contributed by atoms with Gasteiger partial charge in [-0.3, -0.25) is 9.69 Å². The van der Waals surface area contributed by atoms with Crippen LogP contribution in [0.15, 0.2) is 52.9 Å². The molecule has 4 aromatic rings. The molecule has 5 nitrogen and oxygen atoms in total. The van der Waals surface area contributed by atoms with E-state index >= 15 is 0 Å². The summed E-state index contributed by atoms with van der Waals surface area (Å²) in [5.74, 6) is 0. The van der Waals surface area contributed by atoms with E-state index in [1.54, 1.807) is 0 Å². The fourth-order valence-electron chi connectivity index (χ4n) is 4.24. The molecule has 1 atom stereocenters. The van der Waals surface area contributed by atoms with Crippen molar-refractivity contribution in [1.82, 2.24) is 0 Å². The first-order valence-electron chi connectivity index (χ1n) is 9.40. The Hall–Kier alpha value is -3.96. The average molecular weight is 378 g/mol. The lowest BCUT2D eigenvalue weighted by molar-refractivity contribution is 0.668. The van der Waals surface area contributed by atoms with Crippen LogP contribution in [-0.4, -0.2) is 13.2 Å². The third-order valence-electron chi connectivity index (χ3n) is 5.84. The molecule has 1 aliphatic heterocycles. The van der Waals surface area contributed by atoms with Gasteiger partial charge in [0.1, 0.15) is 17.3 Å². The fourth-order valence-corrected chi connectivity index (χ4v) is 4.24. The third kappa shape index (κ3) is 2.31. The molecule has 0 saturated carbocycles. The molecule has 5 heteroatoms. The van der Waals surface area contributed by atoms with Gasteiger partial charge >= 0.3 is 0 Å². The molecule has 0 spiro atoms. The summed E-state index contributed by atoms with van der Waals surface area (Å²) in [6.07, 6.45) is 0.0464. The van der Waals surface area contributed by atoms with Crippen molar-refractivity contribution in [3.05, 3.63) is 76.9 Å². The molecule has 0 fully saturated rings. The van der Waals surface area contributed by atoms with Crippen LogP contribution in [-0.2, 0) is 0 Å². The monoisotopic (exact) mass is 378 g/mol. The molecule has 29 heavy (non-hydrogen) atoms. The molecule has 0 amide bonds. The van der Waals surface area contributed by atoms with Crippen LogP contribution in [0, 0.1) is 20.1 Å². The summed E-state index contributed by atoms with van der Waals surface area (Å²) in [7, 11) is 2.02. The van der Waals surface area contributed by atoms with E-state index in [0.717, 1.165) is 44.6 Å². The molecular formula is C24H18N4O. The van der Waals surface area contributed by atoms with Crippen molar-refractivity contribution in [2.45, 2.75) is 20.0 Å². The molecule has 0 aliphatic carbocycles. The van der Waals surface area contributed by atoms with Crippen LogP contribution in [0.3, 0.4) is 0 Å². The number of hydrogen-bond acceptors (Lipinski definition) is 3. The minimum absolute atomic E-state index is 0.0464. The van der Waals surface area contributed by atoms with Crippen molar-refractivity contribution in [3.8, 4) is 0 Å². The first-order valence-corrected chi connectivity index (χ1v) is 9.40. The van der Waals surface area contributed by atoms with Crippen LogP contribution in [0.1, 0.15) is 12.5 Å². The zero-order valence-electron chi connectivity index (χ0n) is 16.4. The minimum atomic E-state index is 0.0464. The maximum absolute atomic E-state index is 7.47. The summed E-state index contributed by atoms with van der Waals surface area (Å²) in [6.45, 7) is 19.1.